The van der Waals surface area contributed by atoms with Gasteiger partial charge in [-0.1, -0.05) is 24.3 Å². The van der Waals surface area contributed by atoms with Crippen LogP contribution in [0.1, 0.15) is 11.1 Å². The minimum absolute atomic E-state index is 0.201. The third-order valence-corrected chi connectivity index (χ3v) is 3.63. The maximum absolute atomic E-state index is 13.4. The standard InChI is InChI=1S/C19H20FN3O4/c1-26-16-8-7-13(11-17(16)27-2)9-10-21-18(24)19(25)23-22-12-14-5-3-4-6-15(14)20/h3-8,11-12H,9-10H2,1-2H3,(H,21,24)(H,23,25)/b22-12+. The molecule has 0 fully saturated rings. The third kappa shape index (κ3) is 5.81. The summed E-state index contributed by atoms with van der Waals surface area (Å²) in [6, 6.07) is 11.3. The van der Waals surface area contributed by atoms with Crippen molar-refractivity contribution in [1.82, 2.24) is 10.7 Å². The van der Waals surface area contributed by atoms with Gasteiger partial charge in [0.15, 0.2) is 11.5 Å². The summed E-state index contributed by atoms with van der Waals surface area (Å²) in [7, 11) is 3.08. The molecule has 0 aliphatic heterocycles. The van der Waals surface area contributed by atoms with Crippen LogP contribution in [0.25, 0.3) is 0 Å². The van der Waals surface area contributed by atoms with Crippen molar-refractivity contribution in [2.45, 2.75) is 6.42 Å². The highest BCUT2D eigenvalue weighted by atomic mass is 19.1. The van der Waals surface area contributed by atoms with E-state index in [1.807, 2.05) is 6.07 Å². The van der Waals surface area contributed by atoms with Gasteiger partial charge in [-0.3, -0.25) is 9.59 Å². The predicted molar refractivity (Wildman–Crippen MR) is 98.4 cm³/mol. The minimum Gasteiger partial charge on any atom is -0.493 e. The Hall–Kier alpha value is -3.42. The Morgan fingerprint density at radius 1 is 1.07 bits per heavy atom. The SMILES string of the molecule is COc1ccc(CCNC(=O)C(=O)N/N=C/c2ccccc2F)cc1OC. The minimum atomic E-state index is -0.935. The average Bonchev–Trinajstić information content (AvgIpc) is 2.69. The first-order chi connectivity index (χ1) is 13.0. The number of carbonyl (C=O) groups is 2. The monoisotopic (exact) mass is 373 g/mol. The Labute approximate surface area is 156 Å². The van der Waals surface area contributed by atoms with E-state index < -0.39 is 17.6 Å². The fourth-order valence-corrected chi connectivity index (χ4v) is 2.23. The topological polar surface area (TPSA) is 89.0 Å². The average molecular weight is 373 g/mol. The van der Waals surface area contributed by atoms with Crippen LogP contribution in [0.3, 0.4) is 0 Å². The molecule has 0 radical (unpaired) electrons. The normalized spacial score (nSPS) is 10.5. The molecule has 0 saturated carbocycles. The lowest BCUT2D eigenvalue weighted by molar-refractivity contribution is -0.139. The van der Waals surface area contributed by atoms with E-state index in [0.29, 0.717) is 17.9 Å². The summed E-state index contributed by atoms with van der Waals surface area (Å²) in [6.45, 7) is 0.249. The van der Waals surface area contributed by atoms with Crippen molar-refractivity contribution in [3.05, 3.63) is 59.4 Å². The molecule has 2 aromatic carbocycles. The van der Waals surface area contributed by atoms with Crippen LogP contribution in [-0.4, -0.2) is 38.8 Å². The van der Waals surface area contributed by atoms with Crippen molar-refractivity contribution in [2.75, 3.05) is 20.8 Å². The number of hydrogen-bond acceptors (Lipinski definition) is 5. The Balaban J connectivity index is 1.80. The van der Waals surface area contributed by atoms with E-state index in [9.17, 15) is 14.0 Å². The Morgan fingerprint density at radius 2 is 1.81 bits per heavy atom. The Morgan fingerprint density at radius 3 is 2.52 bits per heavy atom. The van der Waals surface area contributed by atoms with Gasteiger partial charge in [0.25, 0.3) is 0 Å². The van der Waals surface area contributed by atoms with Crippen LogP contribution in [0.5, 0.6) is 11.5 Å². The number of amides is 2. The Kier molecular flexibility index (Phi) is 7.30. The zero-order chi connectivity index (χ0) is 19.6. The summed E-state index contributed by atoms with van der Waals surface area (Å²) in [5.74, 6) is -1.05. The van der Waals surface area contributed by atoms with Gasteiger partial charge in [-0.15, -0.1) is 0 Å². The van der Waals surface area contributed by atoms with Crippen LogP contribution in [0, 0.1) is 5.82 Å². The second-order valence-corrected chi connectivity index (χ2v) is 5.42. The number of nitrogens with one attached hydrogen (secondary N) is 2. The molecule has 7 nitrogen and oxygen atoms in total. The predicted octanol–water partition coefficient (Wildman–Crippen LogP) is 1.65. The second-order valence-electron chi connectivity index (χ2n) is 5.42. The first kappa shape index (κ1) is 19.9. The highest BCUT2D eigenvalue weighted by molar-refractivity contribution is 6.35. The van der Waals surface area contributed by atoms with Crippen molar-refractivity contribution >= 4 is 18.0 Å². The highest BCUT2D eigenvalue weighted by Crippen LogP contribution is 2.27. The number of carbonyl (C=O) groups excluding carboxylic acids is 2. The molecule has 0 aliphatic rings. The van der Waals surface area contributed by atoms with Crippen LogP contribution >= 0.6 is 0 Å². The molecule has 142 valence electrons. The molecular formula is C19H20FN3O4. The van der Waals surface area contributed by atoms with Crippen molar-refractivity contribution in [3.63, 3.8) is 0 Å². The molecule has 0 saturated heterocycles. The van der Waals surface area contributed by atoms with Gasteiger partial charge in [0, 0.05) is 12.1 Å². The fourth-order valence-electron chi connectivity index (χ4n) is 2.23. The van der Waals surface area contributed by atoms with Crippen molar-refractivity contribution < 1.29 is 23.5 Å². The lowest BCUT2D eigenvalue weighted by atomic mass is 10.1. The fraction of sp³-hybridized carbons (Fsp3) is 0.211. The van der Waals surface area contributed by atoms with Crippen LogP contribution in [0.4, 0.5) is 4.39 Å². The third-order valence-electron chi connectivity index (χ3n) is 3.63. The molecule has 2 amide bonds. The number of hydrogen-bond donors (Lipinski definition) is 2. The lowest BCUT2D eigenvalue weighted by Crippen LogP contribution is -2.38. The summed E-state index contributed by atoms with van der Waals surface area (Å²) in [4.78, 5) is 23.4. The zero-order valence-electron chi connectivity index (χ0n) is 15.0. The second kappa shape index (κ2) is 9.91. The van der Waals surface area contributed by atoms with Gasteiger partial charge in [0.1, 0.15) is 5.82 Å². The summed E-state index contributed by atoms with van der Waals surface area (Å²) in [6.07, 6.45) is 1.63. The molecule has 2 N–H and O–H groups in total. The number of nitrogens with zero attached hydrogens (tertiary/aromatic N) is 1. The number of benzene rings is 2. The van der Waals surface area contributed by atoms with Crippen LogP contribution in [-0.2, 0) is 16.0 Å². The molecule has 2 aromatic rings. The van der Waals surface area contributed by atoms with E-state index in [4.69, 9.17) is 9.47 Å². The van der Waals surface area contributed by atoms with E-state index in [1.165, 1.54) is 25.3 Å². The van der Waals surface area contributed by atoms with Gasteiger partial charge in [-0.05, 0) is 30.2 Å². The summed E-state index contributed by atoms with van der Waals surface area (Å²) >= 11 is 0. The number of hydrazone groups is 1. The number of ether oxygens (including phenoxy) is 2. The van der Waals surface area contributed by atoms with Crippen LogP contribution in [0.15, 0.2) is 47.6 Å². The molecule has 0 heterocycles. The van der Waals surface area contributed by atoms with E-state index in [2.05, 4.69) is 15.8 Å². The van der Waals surface area contributed by atoms with Gasteiger partial charge in [-0.2, -0.15) is 5.10 Å². The van der Waals surface area contributed by atoms with Crippen molar-refractivity contribution in [3.8, 4) is 11.5 Å². The first-order valence-corrected chi connectivity index (χ1v) is 8.11. The van der Waals surface area contributed by atoms with E-state index >= 15 is 0 Å². The quantitative estimate of drug-likeness (QED) is 0.439. The summed E-state index contributed by atoms with van der Waals surface area (Å²) in [5, 5.41) is 6.06. The van der Waals surface area contributed by atoms with Gasteiger partial charge < -0.3 is 14.8 Å². The molecule has 0 spiro atoms. The molecule has 2 rings (SSSR count). The Bertz CT molecular complexity index is 839. The van der Waals surface area contributed by atoms with E-state index in [1.54, 1.807) is 25.3 Å². The molecule has 0 aliphatic carbocycles. The van der Waals surface area contributed by atoms with Crippen molar-refractivity contribution in [1.29, 1.82) is 0 Å². The van der Waals surface area contributed by atoms with Crippen LogP contribution < -0.4 is 20.2 Å². The maximum atomic E-state index is 13.4. The molecule has 0 bridgehead atoms. The first-order valence-electron chi connectivity index (χ1n) is 8.11. The van der Waals surface area contributed by atoms with Gasteiger partial charge in [0.2, 0.25) is 0 Å². The smallest absolute Gasteiger partial charge is 0.329 e. The molecule has 0 aromatic heterocycles. The summed E-state index contributed by atoms with van der Waals surface area (Å²) in [5.41, 5.74) is 3.16. The van der Waals surface area contributed by atoms with E-state index in [-0.39, 0.29) is 12.1 Å². The highest BCUT2D eigenvalue weighted by Gasteiger charge is 2.12. The zero-order valence-corrected chi connectivity index (χ0v) is 15.0. The van der Waals surface area contributed by atoms with Crippen LogP contribution in [0.2, 0.25) is 0 Å². The largest absolute Gasteiger partial charge is 0.493 e. The number of methoxy groups -OCH3 is 2. The molecule has 0 unspecified atom stereocenters. The molecule has 8 heteroatoms. The number of halogens is 1. The molecule has 0 atom stereocenters. The van der Waals surface area contributed by atoms with Gasteiger partial charge in [-0.25, -0.2) is 9.82 Å². The van der Waals surface area contributed by atoms with Crippen molar-refractivity contribution in [2.24, 2.45) is 5.10 Å². The molecular weight excluding hydrogens is 353 g/mol. The lowest BCUT2D eigenvalue weighted by Gasteiger charge is -2.10. The van der Waals surface area contributed by atoms with Gasteiger partial charge >= 0.3 is 11.8 Å². The molecule has 27 heavy (non-hydrogen) atoms. The number of rotatable bonds is 7. The van der Waals surface area contributed by atoms with Gasteiger partial charge in [0.05, 0.1) is 20.4 Å². The van der Waals surface area contributed by atoms with E-state index in [0.717, 1.165) is 11.8 Å². The maximum Gasteiger partial charge on any atom is 0.329 e. The summed E-state index contributed by atoms with van der Waals surface area (Å²) < 4.78 is 23.8.